The Labute approximate surface area is 158 Å². The second-order valence-corrected chi connectivity index (χ2v) is 6.51. The first-order chi connectivity index (χ1) is 13.2. The van der Waals surface area contributed by atoms with Gasteiger partial charge in [-0.3, -0.25) is 9.59 Å². The summed E-state index contributed by atoms with van der Waals surface area (Å²) in [6.07, 6.45) is 4.34. The van der Waals surface area contributed by atoms with E-state index in [0.717, 1.165) is 24.9 Å². The summed E-state index contributed by atoms with van der Waals surface area (Å²) in [5.41, 5.74) is 0.996. The Morgan fingerprint density at radius 2 is 2.07 bits per heavy atom. The van der Waals surface area contributed by atoms with Crippen LogP contribution in [-0.4, -0.2) is 53.2 Å². The SMILES string of the molecule is CCCC[C@@H]1CN(c2ccccc2OC)C(=O)CN1C(=O)c1cccnn1. The number of ether oxygens (including phenoxy) is 1. The molecule has 0 bridgehead atoms. The molecule has 2 amide bonds. The molecule has 142 valence electrons. The zero-order chi connectivity index (χ0) is 19.2. The highest BCUT2D eigenvalue weighted by Crippen LogP contribution is 2.31. The lowest BCUT2D eigenvalue weighted by Crippen LogP contribution is -2.58. The molecule has 1 atom stereocenters. The van der Waals surface area contributed by atoms with Crippen LogP contribution in [0.3, 0.4) is 0 Å². The smallest absolute Gasteiger partial charge is 0.275 e. The number of nitrogens with zero attached hydrogens (tertiary/aromatic N) is 4. The largest absolute Gasteiger partial charge is 0.495 e. The van der Waals surface area contributed by atoms with Gasteiger partial charge in [-0.1, -0.05) is 31.9 Å². The summed E-state index contributed by atoms with van der Waals surface area (Å²) in [5, 5.41) is 7.69. The van der Waals surface area contributed by atoms with Gasteiger partial charge in [0.05, 0.1) is 18.8 Å². The van der Waals surface area contributed by atoms with Crippen molar-refractivity contribution < 1.29 is 14.3 Å². The van der Waals surface area contributed by atoms with Gasteiger partial charge in [0, 0.05) is 12.7 Å². The number of methoxy groups -OCH3 is 1. The first kappa shape index (κ1) is 18.8. The number of benzene rings is 1. The van der Waals surface area contributed by atoms with Gasteiger partial charge in [-0.2, -0.15) is 5.10 Å². The average molecular weight is 368 g/mol. The summed E-state index contributed by atoms with van der Waals surface area (Å²) in [5.74, 6) is 0.260. The Kier molecular flexibility index (Phi) is 6.01. The molecule has 0 aliphatic carbocycles. The van der Waals surface area contributed by atoms with E-state index >= 15 is 0 Å². The van der Waals surface area contributed by atoms with Gasteiger partial charge in [-0.05, 0) is 30.7 Å². The lowest BCUT2D eigenvalue weighted by atomic mass is 10.0. The Hall–Kier alpha value is -2.96. The number of amides is 2. The minimum Gasteiger partial charge on any atom is -0.495 e. The van der Waals surface area contributed by atoms with Crippen LogP contribution >= 0.6 is 0 Å². The van der Waals surface area contributed by atoms with Crippen molar-refractivity contribution in [2.75, 3.05) is 25.1 Å². The number of rotatable bonds is 6. The van der Waals surface area contributed by atoms with Gasteiger partial charge in [0.25, 0.3) is 5.91 Å². The van der Waals surface area contributed by atoms with Crippen LogP contribution in [0.4, 0.5) is 5.69 Å². The van der Waals surface area contributed by atoms with Crippen molar-refractivity contribution in [3.8, 4) is 5.75 Å². The number of hydrogen-bond acceptors (Lipinski definition) is 5. The summed E-state index contributed by atoms with van der Waals surface area (Å²) in [7, 11) is 1.59. The third-order valence-corrected chi connectivity index (χ3v) is 4.76. The van der Waals surface area contributed by atoms with E-state index in [1.54, 1.807) is 29.0 Å². The highest BCUT2D eigenvalue weighted by Gasteiger charge is 2.37. The Balaban J connectivity index is 1.88. The monoisotopic (exact) mass is 368 g/mol. The summed E-state index contributed by atoms with van der Waals surface area (Å²) in [6, 6.07) is 10.7. The number of anilines is 1. The van der Waals surface area contributed by atoms with Crippen LogP contribution in [0.2, 0.25) is 0 Å². The molecule has 0 radical (unpaired) electrons. The predicted molar refractivity (Wildman–Crippen MR) is 102 cm³/mol. The van der Waals surface area contributed by atoms with Crippen LogP contribution in [-0.2, 0) is 4.79 Å². The second kappa shape index (κ2) is 8.62. The molecule has 3 rings (SSSR count). The maximum atomic E-state index is 12.9. The van der Waals surface area contributed by atoms with E-state index in [-0.39, 0.29) is 30.1 Å². The Bertz CT molecular complexity index is 797. The topological polar surface area (TPSA) is 75.6 Å². The van der Waals surface area contributed by atoms with E-state index in [2.05, 4.69) is 17.1 Å². The number of hydrogen-bond donors (Lipinski definition) is 0. The van der Waals surface area contributed by atoms with Gasteiger partial charge in [-0.15, -0.1) is 5.10 Å². The summed E-state index contributed by atoms with van der Waals surface area (Å²) >= 11 is 0. The van der Waals surface area contributed by atoms with Crippen molar-refractivity contribution in [3.05, 3.63) is 48.3 Å². The molecule has 0 saturated carbocycles. The molecular formula is C20H24N4O3. The molecule has 1 aliphatic rings. The summed E-state index contributed by atoms with van der Waals surface area (Å²) < 4.78 is 5.41. The molecule has 1 fully saturated rings. The van der Waals surface area contributed by atoms with Crippen molar-refractivity contribution in [2.24, 2.45) is 0 Å². The van der Waals surface area contributed by atoms with Gasteiger partial charge in [-0.25, -0.2) is 0 Å². The van der Waals surface area contributed by atoms with E-state index < -0.39 is 0 Å². The van der Waals surface area contributed by atoms with Crippen molar-refractivity contribution in [1.29, 1.82) is 0 Å². The Morgan fingerprint density at radius 3 is 2.78 bits per heavy atom. The maximum Gasteiger partial charge on any atom is 0.275 e. The zero-order valence-corrected chi connectivity index (χ0v) is 15.7. The number of piperazine rings is 1. The number of para-hydroxylation sites is 2. The zero-order valence-electron chi connectivity index (χ0n) is 15.7. The van der Waals surface area contributed by atoms with E-state index in [0.29, 0.717) is 12.3 Å². The van der Waals surface area contributed by atoms with Crippen LogP contribution in [0, 0.1) is 0 Å². The third-order valence-electron chi connectivity index (χ3n) is 4.76. The van der Waals surface area contributed by atoms with Gasteiger partial charge in [0.15, 0.2) is 5.69 Å². The molecule has 2 heterocycles. The van der Waals surface area contributed by atoms with Crippen LogP contribution in [0.1, 0.15) is 36.7 Å². The number of aromatic nitrogens is 2. The molecule has 1 aliphatic heterocycles. The van der Waals surface area contributed by atoms with Crippen molar-refractivity contribution in [3.63, 3.8) is 0 Å². The molecule has 1 saturated heterocycles. The standard InChI is InChI=1S/C20H24N4O3/c1-3-4-8-15-13-24(17-10-5-6-11-18(17)27-2)19(25)14-23(15)20(26)16-9-7-12-21-22-16/h5-7,9-12,15H,3-4,8,13-14H2,1-2H3/t15-/m1/s1. The number of carbonyl (C=O) groups is 2. The van der Waals surface area contributed by atoms with Crippen LogP contribution < -0.4 is 9.64 Å². The fourth-order valence-electron chi connectivity index (χ4n) is 3.34. The predicted octanol–water partition coefficient (Wildman–Crippen LogP) is 2.53. The molecule has 27 heavy (non-hydrogen) atoms. The van der Waals surface area contributed by atoms with Crippen molar-refractivity contribution in [1.82, 2.24) is 15.1 Å². The molecule has 7 nitrogen and oxygen atoms in total. The van der Waals surface area contributed by atoms with Crippen LogP contribution in [0.5, 0.6) is 5.75 Å². The first-order valence-electron chi connectivity index (χ1n) is 9.17. The summed E-state index contributed by atoms with van der Waals surface area (Å²) in [6.45, 7) is 2.56. The van der Waals surface area contributed by atoms with E-state index in [4.69, 9.17) is 4.74 Å². The average Bonchev–Trinajstić information content (AvgIpc) is 2.72. The van der Waals surface area contributed by atoms with E-state index in [9.17, 15) is 9.59 Å². The summed E-state index contributed by atoms with van der Waals surface area (Å²) in [4.78, 5) is 29.1. The molecule has 1 aromatic carbocycles. The van der Waals surface area contributed by atoms with Gasteiger partial charge in [0.2, 0.25) is 5.91 Å². The van der Waals surface area contributed by atoms with Gasteiger partial charge < -0.3 is 14.5 Å². The highest BCUT2D eigenvalue weighted by atomic mass is 16.5. The van der Waals surface area contributed by atoms with Gasteiger partial charge >= 0.3 is 0 Å². The molecular weight excluding hydrogens is 344 g/mol. The molecule has 2 aromatic rings. The molecule has 1 aromatic heterocycles. The normalized spacial score (nSPS) is 17.1. The van der Waals surface area contributed by atoms with E-state index in [1.807, 2.05) is 24.3 Å². The number of unbranched alkanes of at least 4 members (excludes halogenated alkanes) is 1. The first-order valence-corrected chi connectivity index (χ1v) is 9.17. The minimum atomic E-state index is -0.253. The number of carbonyl (C=O) groups excluding carboxylic acids is 2. The van der Waals surface area contributed by atoms with Crippen LogP contribution in [0.25, 0.3) is 0 Å². The lowest BCUT2D eigenvalue weighted by molar-refractivity contribution is -0.121. The molecule has 7 heteroatoms. The Morgan fingerprint density at radius 1 is 1.26 bits per heavy atom. The highest BCUT2D eigenvalue weighted by molar-refractivity contribution is 6.02. The fourth-order valence-corrected chi connectivity index (χ4v) is 3.34. The fraction of sp³-hybridized carbons (Fsp3) is 0.400. The van der Waals surface area contributed by atoms with Crippen molar-refractivity contribution >= 4 is 17.5 Å². The lowest BCUT2D eigenvalue weighted by Gasteiger charge is -2.41. The minimum absolute atomic E-state index is 0.0157. The molecule has 0 spiro atoms. The maximum absolute atomic E-state index is 12.9. The van der Waals surface area contributed by atoms with Gasteiger partial charge in [0.1, 0.15) is 12.3 Å². The quantitative estimate of drug-likeness (QED) is 0.783. The van der Waals surface area contributed by atoms with Crippen LogP contribution in [0.15, 0.2) is 42.6 Å². The second-order valence-electron chi connectivity index (χ2n) is 6.51. The molecule has 0 N–H and O–H groups in total. The van der Waals surface area contributed by atoms with Crippen molar-refractivity contribution in [2.45, 2.75) is 32.2 Å². The molecule has 0 unspecified atom stereocenters. The third kappa shape index (κ3) is 4.07. The van der Waals surface area contributed by atoms with E-state index in [1.165, 1.54) is 6.20 Å².